The molecular weight excluding hydrogens is 369 g/mol. The molecule has 0 spiro atoms. The first-order chi connectivity index (χ1) is 12.2. The highest BCUT2D eigenvalue weighted by Crippen LogP contribution is 2.29. The Bertz CT molecular complexity index is 1030. The van der Waals surface area contributed by atoms with E-state index in [9.17, 15) is 21.6 Å². The molecule has 1 N–H and O–H groups in total. The zero-order valence-corrected chi connectivity index (χ0v) is 14.5. The van der Waals surface area contributed by atoms with Gasteiger partial charge in [-0.25, -0.2) is 12.8 Å². The third-order valence-corrected chi connectivity index (χ3v) is 5.56. The first kappa shape index (κ1) is 18.2. The molecule has 0 unspecified atom stereocenters. The number of nitrogens with zero attached hydrogens (tertiary/aromatic N) is 1. The fourth-order valence-corrected chi connectivity index (χ4v) is 3.24. The van der Waals surface area contributed by atoms with Gasteiger partial charge in [-0.1, -0.05) is 19.1 Å². The molecule has 5 nitrogen and oxygen atoms in total. The minimum absolute atomic E-state index is 0.0557. The van der Waals surface area contributed by atoms with E-state index in [2.05, 4.69) is 9.97 Å². The fourth-order valence-electron chi connectivity index (χ4n) is 2.33. The van der Waals surface area contributed by atoms with Crippen LogP contribution in [0.2, 0.25) is 0 Å². The number of aromatic amines is 1. The second-order valence-corrected chi connectivity index (χ2v) is 7.90. The van der Waals surface area contributed by atoms with E-state index in [0.717, 1.165) is 24.3 Å². The average Bonchev–Trinajstić information content (AvgIpc) is 3.02. The molecule has 26 heavy (non-hydrogen) atoms. The number of fused-ring (bicyclic) bond motifs is 1. The predicted molar refractivity (Wildman–Crippen MR) is 89.6 cm³/mol. The monoisotopic (exact) mass is 384 g/mol. The Labute approximate surface area is 147 Å². The van der Waals surface area contributed by atoms with Gasteiger partial charge in [0.2, 0.25) is 0 Å². The summed E-state index contributed by atoms with van der Waals surface area (Å²) in [6.07, 6.45) is 0. The smallest absolute Gasteiger partial charge is 0.306 e. The number of sulfone groups is 1. The van der Waals surface area contributed by atoms with Gasteiger partial charge >= 0.3 is 5.92 Å². The van der Waals surface area contributed by atoms with Crippen LogP contribution in [0.25, 0.3) is 11.0 Å². The highest BCUT2D eigenvalue weighted by molar-refractivity contribution is 7.91. The number of benzene rings is 2. The number of hydrogen-bond donors (Lipinski definition) is 1. The lowest BCUT2D eigenvalue weighted by Crippen LogP contribution is -2.23. The van der Waals surface area contributed by atoms with Crippen molar-refractivity contribution in [3.05, 3.63) is 53.8 Å². The molecular formula is C17H15F3N2O3S. The molecule has 0 bridgehead atoms. The molecule has 138 valence electrons. The van der Waals surface area contributed by atoms with Gasteiger partial charge in [0.05, 0.1) is 21.7 Å². The SMILES string of the molecule is CCS(=O)(=O)c1ccc2nc(OCC(F)(F)c3ccc(F)cc3)[nH]c2c1. The van der Waals surface area contributed by atoms with Crippen LogP contribution in [0.1, 0.15) is 12.5 Å². The molecule has 1 heterocycles. The van der Waals surface area contributed by atoms with Crippen molar-refractivity contribution in [2.24, 2.45) is 0 Å². The van der Waals surface area contributed by atoms with E-state index >= 15 is 0 Å². The van der Waals surface area contributed by atoms with Crippen molar-refractivity contribution < 1.29 is 26.3 Å². The number of halogens is 3. The number of ether oxygens (including phenoxy) is 1. The number of rotatable bonds is 6. The quantitative estimate of drug-likeness (QED) is 0.704. The summed E-state index contributed by atoms with van der Waals surface area (Å²) in [6, 6.07) is 7.95. The molecule has 0 atom stereocenters. The number of aromatic nitrogens is 2. The van der Waals surface area contributed by atoms with E-state index in [1.165, 1.54) is 25.1 Å². The molecule has 3 aromatic rings. The molecule has 0 saturated carbocycles. The van der Waals surface area contributed by atoms with Crippen molar-refractivity contribution in [2.45, 2.75) is 17.7 Å². The van der Waals surface area contributed by atoms with Gasteiger partial charge < -0.3 is 9.72 Å². The van der Waals surface area contributed by atoms with Crippen LogP contribution < -0.4 is 4.74 Å². The van der Waals surface area contributed by atoms with Crippen LogP contribution in [0, 0.1) is 5.82 Å². The molecule has 0 aliphatic carbocycles. The van der Waals surface area contributed by atoms with Crippen LogP contribution in [-0.2, 0) is 15.8 Å². The summed E-state index contributed by atoms with van der Waals surface area (Å²) in [6.45, 7) is 0.525. The highest BCUT2D eigenvalue weighted by Gasteiger charge is 2.33. The maximum Gasteiger partial charge on any atom is 0.306 e. The second kappa shape index (κ2) is 6.64. The molecule has 0 saturated heterocycles. The van der Waals surface area contributed by atoms with Crippen molar-refractivity contribution >= 4 is 20.9 Å². The van der Waals surface area contributed by atoms with Gasteiger partial charge in [-0.15, -0.1) is 0 Å². The lowest BCUT2D eigenvalue weighted by molar-refractivity contribution is -0.0488. The summed E-state index contributed by atoms with van der Waals surface area (Å²) in [5.41, 5.74) is 0.367. The topological polar surface area (TPSA) is 72.1 Å². The number of H-pyrrole nitrogens is 1. The number of imidazole rings is 1. The maximum absolute atomic E-state index is 14.1. The van der Waals surface area contributed by atoms with Gasteiger partial charge in [-0.05, 0) is 30.3 Å². The van der Waals surface area contributed by atoms with Crippen LogP contribution in [0.15, 0.2) is 47.4 Å². The van der Waals surface area contributed by atoms with Crippen molar-refractivity contribution in [1.29, 1.82) is 0 Å². The number of nitrogens with one attached hydrogen (secondary N) is 1. The van der Waals surface area contributed by atoms with Crippen LogP contribution in [0.4, 0.5) is 13.2 Å². The van der Waals surface area contributed by atoms with E-state index < -0.39 is 28.2 Å². The third kappa shape index (κ3) is 3.67. The molecule has 0 radical (unpaired) electrons. The van der Waals surface area contributed by atoms with Crippen LogP contribution in [-0.4, -0.2) is 30.7 Å². The van der Waals surface area contributed by atoms with E-state index in [-0.39, 0.29) is 22.2 Å². The van der Waals surface area contributed by atoms with Gasteiger partial charge in [0.15, 0.2) is 16.4 Å². The number of alkyl halides is 2. The molecule has 0 aliphatic heterocycles. The Morgan fingerprint density at radius 1 is 1.15 bits per heavy atom. The Morgan fingerprint density at radius 2 is 1.85 bits per heavy atom. The van der Waals surface area contributed by atoms with Crippen LogP contribution in [0.5, 0.6) is 6.01 Å². The van der Waals surface area contributed by atoms with Crippen molar-refractivity contribution in [3.8, 4) is 6.01 Å². The van der Waals surface area contributed by atoms with Crippen LogP contribution in [0.3, 0.4) is 0 Å². The molecule has 0 aliphatic rings. The van der Waals surface area contributed by atoms with Gasteiger partial charge in [0.1, 0.15) is 5.82 Å². The molecule has 0 amide bonds. The molecule has 9 heteroatoms. The largest absolute Gasteiger partial charge is 0.458 e. The average molecular weight is 384 g/mol. The summed E-state index contributed by atoms with van der Waals surface area (Å²) in [7, 11) is -3.39. The lowest BCUT2D eigenvalue weighted by Gasteiger charge is -2.16. The Balaban J connectivity index is 1.80. The minimum atomic E-state index is -3.39. The zero-order chi connectivity index (χ0) is 18.9. The molecule has 1 aromatic heterocycles. The van der Waals surface area contributed by atoms with Gasteiger partial charge in [-0.3, -0.25) is 0 Å². The van der Waals surface area contributed by atoms with Gasteiger partial charge in [0.25, 0.3) is 6.01 Å². The van der Waals surface area contributed by atoms with Crippen molar-refractivity contribution in [1.82, 2.24) is 9.97 Å². The molecule has 3 rings (SSSR count). The lowest BCUT2D eigenvalue weighted by atomic mass is 10.1. The van der Waals surface area contributed by atoms with Gasteiger partial charge in [0, 0.05) is 5.56 Å². The summed E-state index contributed by atoms with van der Waals surface area (Å²) >= 11 is 0. The van der Waals surface area contributed by atoms with E-state index in [1.54, 1.807) is 0 Å². The Kier molecular flexibility index (Phi) is 4.66. The van der Waals surface area contributed by atoms with E-state index in [4.69, 9.17) is 4.74 Å². The summed E-state index contributed by atoms with van der Waals surface area (Å²) < 4.78 is 69.9. The van der Waals surface area contributed by atoms with Gasteiger partial charge in [-0.2, -0.15) is 13.8 Å². The highest BCUT2D eigenvalue weighted by atomic mass is 32.2. The summed E-state index contributed by atoms with van der Waals surface area (Å²) in [4.78, 5) is 6.79. The maximum atomic E-state index is 14.1. The Morgan fingerprint density at radius 3 is 2.50 bits per heavy atom. The van der Waals surface area contributed by atoms with Crippen molar-refractivity contribution in [3.63, 3.8) is 0 Å². The van der Waals surface area contributed by atoms with Crippen LogP contribution >= 0.6 is 0 Å². The van der Waals surface area contributed by atoms with E-state index in [1.807, 2.05) is 0 Å². The summed E-state index contributed by atoms with van der Waals surface area (Å²) in [5, 5.41) is 0. The number of hydrogen-bond acceptors (Lipinski definition) is 4. The molecule has 2 aromatic carbocycles. The third-order valence-electron chi connectivity index (χ3n) is 3.83. The fraction of sp³-hybridized carbons (Fsp3) is 0.235. The Hall–Kier alpha value is -2.55. The van der Waals surface area contributed by atoms with Crippen molar-refractivity contribution in [2.75, 3.05) is 12.4 Å². The second-order valence-electron chi connectivity index (χ2n) is 5.62. The minimum Gasteiger partial charge on any atom is -0.458 e. The predicted octanol–water partition coefficient (Wildman–Crippen LogP) is 3.67. The summed E-state index contributed by atoms with van der Waals surface area (Å²) in [5.74, 6) is -4.01. The zero-order valence-electron chi connectivity index (χ0n) is 13.7. The normalized spacial score (nSPS) is 12.5. The standard InChI is InChI=1S/C17H15F3N2O3S/c1-2-26(23,24)13-7-8-14-15(9-13)22-16(21-14)25-10-17(19,20)11-3-5-12(18)6-4-11/h3-9H,2,10H2,1H3,(H,21,22). The molecule has 0 fully saturated rings. The van der Waals surface area contributed by atoms with E-state index in [0.29, 0.717) is 11.0 Å². The first-order valence-corrected chi connectivity index (χ1v) is 9.36. The first-order valence-electron chi connectivity index (χ1n) is 7.70.